The molecule has 0 atom stereocenters. The molecular weight excluding hydrogens is 260 g/mol. The van der Waals surface area contributed by atoms with Crippen molar-refractivity contribution >= 4 is 0 Å². The van der Waals surface area contributed by atoms with Gasteiger partial charge in [-0.3, -0.25) is 0 Å². The van der Waals surface area contributed by atoms with E-state index in [-0.39, 0.29) is 17.0 Å². The van der Waals surface area contributed by atoms with Crippen LogP contribution in [-0.4, -0.2) is 26.3 Å². The summed E-state index contributed by atoms with van der Waals surface area (Å²) >= 11 is 0. The van der Waals surface area contributed by atoms with E-state index in [0.717, 1.165) is 32.4 Å². The maximum Gasteiger partial charge on any atom is 0.126 e. The van der Waals surface area contributed by atoms with E-state index in [9.17, 15) is 8.78 Å². The van der Waals surface area contributed by atoms with E-state index in [2.05, 4.69) is 12.2 Å². The maximum absolute atomic E-state index is 13.9. The Balaban J connectivity index is 2.12. The summed E-state index contributed by atoms with van der Waals surface area (Å²) in [5.74, 6) is -0.683. The van der Waals surface area contributed by atoms with Crippen molar-refractivity contribution < 1.29 is 13.5 Å². The SMILES string of the molecule is CCCNCC1(Cc2cc(F)ccc2F)CCOCC1. The van der Waals surface area contributed by atoms with E-state index >= 15 is 0 Å². The Hall–Kier alpha value is -1.00. The Morgan fingerprint density at radius 2 is 2.00 bits per heavy atom. The first kappa shape index (κ1) is 15.4. The molecule has 1 aliphatic rings. The van der Waals surface area contributed by atoms with Gasteiger partial charge in [0.1, 0.15) is 11.6 Å². The molecule has 1 aliphatic heterocycles. The van der Waals surface area contributed by atoms with E-state index in [0.29, 0.717) is 25.2 Å². The van der Waals surface area contributed by atoms with Gasteiger partial charge in [0.25, 0.3) is 0 Å². The fourth-order valence-electron chi connectivity index (χ4n) is 2.83. The summed E-state index contributed by atoms with van der Waals surface area (Å²) in [5, 5.41) is 3.43. The molecular formula is C16H23F2NO. The van der Waals surface area contributed by atoms with Crippen LogP contribution in [0.4, 0.5) is 8.78 Å². The van der Waals surface area contributed by atoms with Gasteiger partial charge in [-0.2, -0.15) is 0 Å². The second-order valence-electron chi connectivity index (χ2n) is 5.70. The predicted molar refractivity (Wildman–Crippen MR) is 75.7 cm³/mol. The van der Waals surface area contributed by atoms with Crippen LogP contribution in [0.25, 0.3) is 0 Å². The minimum atomic E-state index is -0.370. The lowest BCUT2D eigenvalue weighted by molar-refractivity contribution is 0.0146. The van der Waals surface area contributed by atoms with Gasteiger partial charge in [0.05, 0.1) is 0 Å². The molecule has 1 heterocycles. The molecule has 20 heavy (non-hydrogen) atoms. The molecule has 0 radical (unpaired) electrons. The van der Waals surface area contributed by atoms with Crippen LogP contribution in [0, 0.1) is 17.0 Å². The normalized spacial score (nSPS) is 18.1. The molecule has 2 rings (SSSR count). The second-order valence-corrected chi connectivity index (χ2v) is 5.70. The highest BCUT2D eigenvalue weighted by Gasteiger charge is 2.33. The molecule has 0 aromatic heterocycles. The zero-order valence-corrected chi connectivity index (χ0v) is 12.1. The monoisotopic (exact) mass is 283 g/mol. The molecule has 1 fully saturated rings. The average molecular weight is 283 g/mol. The van der Waals surface area contributed by atoms with Gasteiger partial charge in [-0.1, -0.05) is 6.92 Å². The van der Waals surface area contributed by atoms with Crippen molar-refractivity contribution in [1.29, 1.82) is 0 Å². The summed E-state index contributed by atoms with van der Waals surface area (Å²) in [7, 11) is 0. The highest BCUT2D eigenvalue weighted by molar-refractivity contribution is 5.20. The third-order valence-electron chi connectivity index (χ3n) is 4.05. The Labute approximate surface area is 119 Å². The lowest BCUT2D eigenvalue weighted by atomic mass is 9.75. The van der Waals surface area contributed by atoms with Crippen LogP contribution in [0.2, 0.25) is 0 Å². The summed E-state index contributed by atoms with van der Waals surface area (Å²) in [5.41, 5.74) is 0.451. The van der Waals surface area contributed by atoms with E-state index in [4.69, 9.17) is 4.74 Å². The van der Waals surface area contributed by atoms with Crippen LogP contribution in [-0.2, 0) is 11.2 Å². The second kappa shape index (κ2) is 7.14. The molecule has 0 unspecified atom stereocenters. The van der Waals surface area contributed by atoms with Gasteiger partial charge >= 0.3 is 0 Å². The molecule has 2 nitrogen and oxygen atoms in total. The van der Waals surface area contributed by atoms with Crippen molar-refractivity contribution in [3.8, 4) is 0 Å². The van der Waals surface area contributed by atoms with Crippen LogP contribution < -0.4 is 5.32 Å². The van der Waals surface area contributed by atoms with Crippen LogP contribution in [0.1, 0.15) is 31.7 Å². The molecule has 0 bridgehead atoms. The number of ether oxygens (including phenoxy) is 1. The smallest absolute Gasteiger partial charge is 0.126 e. The largest absolute Gasteiger partial charge is 0.381 e. The third-order valence-corrected chi connectivity index (χ3v) is 4.05. The molecule has 4 heteroatoms. The molecule has 1 N–H and O–H groups in total. The van der Waals surface area contributed by atoms with Crippen molar-refractivity contribution in [1.82, 2.24) is 5.32 Å². The van der Waals surface area contributed by atoms with Crippen LogP contribution in [0.5, 0.6) is 0 Å². The molecule has 0 saturated carbocycles. The highest BCUT2D eigenvalue weighted by atomic mass is 19.1. The van der Waals surface area contributed by atoms with Gasteiger partial charge < -0.3 is 10.1 Å². The Bertz CT molecular complexity index is 430. The summed E-state index contributed by atoms with van der Waals surface area (Å²) in [6, 6.07) is 3.72. The number of nitrogens with one attached hydrogen (secondary N) is 1. The van der Waals surface area contributed by atoms with Crippen molar-refractivity contribution in [3.05, 3.63) is 35.4 Å². The highest BCUT2D eigenvalue weighted by Crippen LogP contribution is 2.34. The fraction of sp³-hybridized carbons (Fsp3) is 0.625. The minimum Gasteiger partial charge on any atom is -0.381 e. The van der Waals surface area contributed by atoms with E-state index in [1.165, 1.54) is 18.2 Å². The minimum absolute atomic E-state index is 0.0257. The van der Waals surface area contributed by atoms with Gasteiger partial charge in [0, 0.05) is 19.8 Å². The van der Waals surface area contributed by atoms with Gasteiger partial charge in [-0.15, -0.1) is 0 Å². The Morgan fingerprint density at radius 3 is 2.70 bits per heavy atom. The zero-order chi connectivity index (χ0) is 14.4. The third kappa shape index (κ3) is 4.00. The molecule has 0 amide bonds. The van der Waals surface area contributed by atoms with Gasteiger partial charge in [-0.25, -0.2) is 8.78 Å². The lowest BCUT2D eigenvalue weighted by Crippen LogP contribution is -2.41. The van der Waals surface area contributed by atoms with E-state index in [1.807, 2.05) is 0 Å². The van der Waals surface area contributed by atoms with Crippen molar-refractivity contribution in [3.63, 3.8) is 0 Å². The van der Waals surface area contributed by atoms with Crippen molar-refractivity contribution in [2.24, 2.45) is 5.41 Å². The van der Waals surface area contributed by atoms with Crippen molar-refractivity contribution in [2.45, 2.75) is 32.6 Å². The molecule has 0 aliphatic carbocycles. The van der Waals surface area contributed by atoms with Crippen LogP contribution >= 0.6 is 0 Å². The van der Waals surface area contributed by atoms with Crippen molar-refractivity contribution in [2.75, 3.05) is 26.3 Å². The first-order valence-corrected chi connectivity index (χ1v) is 7.38. The summed E-state index contributed by atoms with van der Waals surface area (Å²) < 4.78 is 32.6. The Morgan fingerprint density at radius 1 is 1.25 bits per heavy atom. The lowest BCUT2D eigenvalue weighted by Gasteiger charge is -2.38. The number of rotatable bonds is 6. The predicted octanol–water partition coefficient (Wildman–Crippen LogP) is 3.30. The zero-order valence-electron chi connectivity index (χ0n) is 12.1. The number of hydrogen-bond donors (Lipinski definition) is 1. The maximum atomic E-state index is 13.9. The molecule has 112 valence electrons. The topological polar surface area (TPSA) is 21.3 Å². The molecule has 1 saturated heterocycles. The first-order valence-electron chi connectivity index (χ1n) is 7.38. The fourth-order valence-corrected chi connectivity index (χ4v) is 2.83. The molecule has 1 aromatic rings. The number of halogens is 2. The van der Waals surface area contributed by atoms with Crippen LogP contribution in [0.15, 0.2) is 18.2 Å². The van der Waals surface area contributed by atoms with Gasteiger partial charge in [0.2, 0.25) is 0 Å². The number of hydrogen-bond acceptors (Lipinski definition) is 2. The van der Waals surface area contributed by atoms with Crippen LogP contribution in [0.3, 0.4) is 0 Å². The molecule has 0 spiro atoms. The quantitative estimate of drug-likeness (QED) is 0.809. The average Bonchev–Trinajstić information content (AvgIpc) is 2.44. The van der Waals surface area contributed by atoms with Gasteiger partial charge in [0.15, 0.2) is 0 Å². The summed E-state index contributed by atoms with van der Waals surface area (Å²) in [4.78, 5) is 0. The Kier molecular flexibility index (Phi) is 5.49. The summed E-state index contributed by atoms with van der Waals surface area (Å²) in [6.07, 6.45) is 3.41. The van der Waals surface area contributed by atoms with E-state index < -0.39 is 0 Å². The summed E-state index contributed by atoms with van der Waals surface area (Å²) in [6.45, 7) is 5.31. The van der Waals surface area contributed by atoms with Gasteiger partial charge in [-0.05, 0) is 61.4 Å². The molecule has 1 aromatic carbocycles. The first-order chi connectivity index (χ1) is 9.65. The number of benzene rings is 1. The van der Waals surface area contributed by atoms with E-state index in [1.54, 1.807) is 0 Å². The standard InChI is InChI=1S/C16H23F2NO/c1-2-7-19-12-16(5-8-20-9-6-16)11-13-10-14(17)3-4-15(13)18/h3-4,10,19H,2,5-9,11-12H2,1H3.